The molecule has 1 aromatic heterocycles. The molecule has 5 rings (SSSR count). The van der Waals surface area contributed by atoms with Crippen molar-refractivity contribution < 1.29 is 4.79 Å². The zero-order valence-electron chi connectivity index (χ0n) is 18.1. The van der Waals surface area contributed by atoms with Crippen LogP contribution in [0.3, 0.4) is 0 Å². The van der Waals surface area contributed by atoms with Crippen molar-refractivity contribution in [2.45, 2.75) is 20.8 Å². The first-order valence-electron chi connectivity index (χ1n) is 10.4. The van der Waals surface area contributed by atoms with Crippen LogP contribution in [0, 0.1) is 26.2 Å². The fourth-order valence-electron chi connectivity index (χ4n) is 4.19. The number of para-hydroxylation sites is 1. The summed E-state index contributed by atoms with van der Waals surface area (Å²) in [6.07, 6.45) is 1.80. The number of amides is 1. The number of carbonyl (C=O) groups is 1. The molecule has 3 aromatic rings. The molecule has 158 valence electrons. The molecule has 5 nitrogen and oxygen atoms in total. The highest BCUT2D eigenvalue weighted by atomic mass is 32.2. The molecule has 1 N–H and O–H groups in total. The number of thioether (sulfide) groups is 1. The Bertz CT molecular complexity index is 1360. The Hall–Kier alpha value is -3.64. The van der Waals surface area contributed by atoms with E-state index >= 15 is 0 Å². The number of amidine groups is 2. The Morgan fingerprint density at radius 2 is 1.72 bits per heavy atom. The first kappa shape index (κ1) is 20.3. The lowest BCUT2D eigenvalue weighted by atomic mass is 10.1. The molecule has 0 bridgehead atoms. The molecule has 3 heterocycles. The number of benzene rings is 2. The lowest BCUT2D eigenvalue weighted by Gasteiger charge is -2.26. The van der Waals surface area contributed by atoms with Crippen molar-refractivity contribution in [3.8, 4) is 5.69 Å². The molecule has 0 fully saturated rings. The largest absolute Gasteiger partial charge is 0.318 e. The quantitative estimate of drug-likeness (QED) is 0.533. The number of rotatable bonds is 3. The van der Waals surface area contributed by atoms with Gasteiger partial charge in [0.1, 0.15) is 5.84 Å². The molecule has 0 unspecified atom stereocenters. The fourth-order valence-corrected chi connectivity index (χ4v) is 5.08. The third-order valence-corrected chi connectivity index (χ3v) is 6.64. The maximum Gasteiger partial charge on any atom is 0.283 e. The number of hydrogen-bond acceptors (Lipinski definition) is 3. The van der Waals surface area contributed by atoms with Gasteiger partial charge in [-0.3, -0.25) is 15.1 Å². The monoisotopic (exact) mass is 438 g/mol. The highest BCUT2D eigenvalue weighted by Gasteiger charge is 2.36. The van der Waals surface area contributed by atoms with Crippen LogP contribution in [-0.2, 0) is 4.79 Å². The van der Waals surface area contributed by atoms with Gasteiger partial charge in [0, 0.05) is 22.5 Å². The Balaban J connectivity index is 1.57. The normalized spacial score (nSPS) is 17.0. The van der Waals surface area contributed by atoms with Gasteiger partial charge in [-0.15, -0.1) is 0 Å². The van der Waals surface area contributed by atoms with E-state index in [1.165, 1.54) is 17.3 Å². The summed E-state index contributed by atoms with van der Waals surface area (Å²) in [7, 11) is 0. The molecule has 32 heavy (non-hydrogen) atoms. The topological polar surface area (TPSA) is 61.5 Å². The molecule has 2 aliphatic rings. The van der Waals surface area contributed by atoms with E-state index in [1.807, 2.05) is 54.8 Å². The zero-order chi connectivity index (χ0) is 22.4. The van der Waals surface area contributed by atoms with Crippen LogP contribution in [0.15, 0.2) is 76.6 Å². The second-order valence-corrected chi connectivity index (χ2v) is 8.71. The molecule has 6 heteroatoms. The lowest BCUT2D eigenvalue weighted by molar-refractivity contribution is -0.114. The number of aryl methyl sites for hydroxylation is 2. The molecule has 1 amide bonds. The summed E-state index contributed by atoms with van der Waals surface area (Å²) in [4.78, 5) is 18.9. The second kappa shape index (κ2) is 7.80. The van der Waals surface area contributed by atoms with Crippen molar-refractivity contribution in [3.63, 3.8) is 0 Å². The van der Waals surface area contributed by atoms with E-state index in [9.17, 15) is 4.79 Å². The minimum Gasteiger partial charge on any atom is -0.318 e. The number of aliphatic imine (C=N–C) groups is 1. The minimum absolute atomic E-state index is 0.154. The molecule has 2 aliphatic heterocycles. The second-order valence-electron chi connectivity index (χ2n) is 7.88. The Kier molecular flexibility index (Phi) is 4.94. The summed E-state index contributed by atoms with van der Waals surface area (Å²) < 4.78 is 2.19. The number of fused-ring (bicyclic) bond motifs is 1. The van der Waals surface area contributed by atoms with Gasteiger partial charge in [0.15, 0.2) is 5.17 Å². The van der Waals surface area contributed by atoms with E-state index in [1.54, 1.807) is 11.0 Å². The van der Waals surface area contributed by atoms with Crippen molar-refractivity contribution in [3.05, 3.63) is 99.7 Å². The van der Waals surface area contributed by atoms with Gasteiger partial charge in [0.2, 0.25) is 0 Å². The van der Waals surface area contributed by atoms with Crippen LogP contribution >= 0.6 is 11.8 Å². The number of nitrogens with one attached hydrogen (secondary N) is 1. The predicted octanol–water partition coefficient (Wildman–Crippen LogP) is 5.71. The number of nitrogens with zero attached hydrogens (tertiary/aromatic N) is 3. The first-order chi connectivity index (χ1) is 15.5. The van der Waals surface area contributed by atoms with Gasteiger partial charge in [-0.1, -0.05) is 60.3 Å². The van der Waals surface area contributed by atoms with E-state index < -0.39 is 0 Å². The van der Waals surface area contributed by atoms with E-state index in [4.69, 9.17) is 5.41 Å². The van der Waals surface area contributed by atoms with Crippen LogP contribution in [0.1, 0.15) is 28.1 Å². The average molecular weight is 439 g/mol. The van der Waals surface area contributed by atoms with Gasteiger partial charge in [0.05, 0.1) is 11.3 Å². The molecule has 0 radical (unpaired) electrons. The van der Waals surface area contributed by atoms with Gasteiger partial charge in [-0.2, -0.15) is 4.99 Å². The summed E-state index contributed by atoms with van der Waals surface area (Å²) in [5.41, 5.74) is 7.44. The van der Waals surface area contributed by atoms with E-state index in [2.05, 4.69) is 41.6 Å². The molecular weight excluding hydrogens is 416 g/mol. The van der Waals surface area contributed by atoms with Crippen molar-refractivity contribution in [1.82, 2.24) is 9.47 Å². The summed E-state index contributed by atoms with van der Waals surface area (Å²) in [6, 6.07) is 20.2. The zero-order valence-corrected chi connectivity index (χ0v) is 18.9. The molecule has 0 atom stereocenters. The number of carbonyl (C=O) groups excluding carboxylic acids is 1. The van der Waals surface area contributed by atoms with Crippen molar-refractivity contribution >= 4 is 40.4 Å². The lowest BCUT2D eigenvalue weighted by Crippen LogP contribution is -2.38. The Morgan fingerprint density at radius 3 is 2.47 bits per heavy atom. The smallest absolute Gasteiger partial charge is 0.283 e. The molecule has 0 saturated heterocycles. The molecular formula is C26H22N4OS. The molecule has 0 aliphatic carbocycles. The van der Waals surface area contributed by atoms with Gasteiger partial charge < -0.3 is 4.57 Å². The summed E-state index contributed by atoms with van der Waals surface area (Å²) in [5, 5.41) is 11.3. The number of hydrogen-bond donors (Lipinski definition) is 1. The van der Waals surface area contributed by atoms with Gasteiger partial charge in [-0.05, 0) is 55.7 Å². The summed E-state index contributed by atoms with van der Waals surface area (Å²) in [6.45, 7) is 6.18. The molecule has 0 spiro atoms. The maximum atomic E-state index is 12.9. The van der Waals surface area contributed by atoms with Gasteiger partial charge in [0.25, 0.3) is 5.91 Å². The highest BCUT2D eigenvalue weighted by Crippen LogP contribution is 2.37. The van der Waals surface area contributed by atoms with E-state index in [-0.39, 0.29) is 11.7 Å². The first-order valence-corrected chi connectivity index (χ1v) is 11.2. The predicted molar refractivity (Wildman–Crippen MR) is 132 cm³/mol. The summed E-state index contributed by atoms with van der Waals surface area (Å²) >= 11 is 1.37. The minimum atomic E-state index is -0.378. The third-order valence-electron chi connectivity index (χ3n) is 5.81. The molecule has 2 aromatic carbocycles. The number of aromatic nitrogens is 1. The van der Waals surface area contributed by atoms with Gasteiger partial charge in [-0.25, -0.2) is 0 Å². The van der Waals surface area contributed by atoms with E-state index in [0.717, 1.165) is 33.9 Å². The van der Waals surface area contributed by atoms with E-state index in [0.29, 0.717) is 10.7 Å². The van der Waals surface area contributed by atoms with Crippen LogP contribution in [0.2, 0.25) is 0 Å². The van der Waals surface area contributed by atoms with Crippen molar-refractivity contribution in [2.24, 2.45) is 4.99 Å². The summed E-state index contributed by atoms with van der Waals surface area (Å²) in [5.74, 6) is -0.224. The van der Waals surface area contributed by atoms with Crippen LogP contribution in [0.5, 0.6) is 0 Å². The third kappa shape index (κ3) is 3.24. The maximum absolute atomic E-state index is 12.9. The average Bonchev–Trinajstić information content (AvgIpc) is 3.33. The van der Waals surface area contributed by atoms with Crippen LogP contribution in [0.25, 0.3) is 17.5 Å². The van der Waals surface area contributed by atoms with Crippen LogP contribution in [-0.4, -0.2) is 26.4 Å². The standard InChI is InChI=1S/C26H22N4OS/c1-16-9-7-8-12-22(16)29-17(2)13-20(18(29)3)14-21-24(27)30-23(19-10-5-4-6-11-19)15-32-26(30)28-25(21)31/h4-15,27H,1-3H3/b21-14-,27-24?. The van der Waals surface area contributed by atoms with Crippen molar-refractivity contribution in [1.29, 1.82) is 5.41 Å². The Labute approximate surface area is 191 Å². The van der Waals surface area contributed by atoms with Crippen molar-refractivity contribution in [2.75, 3.05) is 0 Å². The van der Waals surface area contributed by atoms with Crippen LogP contribution < -0.4 is 0 Å². The SMILES string of the molecule is Cc1ccccc1-n1c(C)cc(/C=C2/C(=N)N3C(c4ccccc4)=CSC3=NC2=O)c1C. The Morgan fingerprint density at radius 1 is 1.00 bits per heavy atom. The highest BCUT2D eigenvalue weighted by molar-refractivity contribution is 8.17. The van der Waals surface area contributed by atoms with Gasteiger partial charge >= 0.3 is 0 Å². The molecule has 0 saturated carbocycles. The fraction of sp³-hybridized carbons (Fsp3) is 0.115. The van der Waals surface area contributed by atoms with Crippen LogP contribution in [0.4, 0.5) is 0 Å².